The number of ether oxygens (including phenoxy) is 1. The van der Waals surface area contributed by atoms with Crippen LogP contribution in [0.15, 0.2) is 41.5 Å². The van der Waals surface area contributed by atoms with Crippen molar-refractivity contribution in [3.05, 3.63) is 53.2 Å². The minimum absolute atomic E-state index is 0.653. The summed E-state index contributed by atoms with van der Waals surface area (Å²) < 4.78 is 6.07. The first kappa shape index (κ1) is 20.0. The number of hydrogen-bond acceptors (Lipinski definition) is 4. The zero-order valence-electron chi connectivity index (χ0n) is 17.3. The minimum atomic E-state index is 0.653. The maximum atomic E-state index is 6.07. The molecule has 1 aromatic heterocycles. The van der Waals surface area contributed by atoms with Gasteiger partial charge < -0.3 is 20.3 Å². The second kappa shape index (κ2) is 9.44. The van der Waals surface area contributed by atoms with Crippen LogP contribution in [-0.4, -0.2) is 38.7 Å². The van der Waals surface area contributed by atoms with Crippen molar-refractivity contribution in [2.24, 2.45) is 10.9 Å². The molecule has 0 amide bonds. The van der Waals surface area contributed by atoms with Crippen molar-refractivity contribution in [1.29, 1.82) is 0 Å². The van der Waals surface area contributed by atoms with Gasteiger partial charge >= 0.3 is 0 Å². The fourth-order valence-electron chi connectivity index (χ4n) is 2.98. The lowest BCUT2D eigenvalue weighted by molar-refractivity contribution is 0.296. The van der Waals surface area contributed by atoms with Gasteiger partial charge in [-0.25, -0.2) is 4.98 Å². The largest absolute Gasteiger partial charge is 0.493 e. The van der Waals surface area contributed by atoms with Gasteiger partial charge in [0, 0.05) is 51.6 Å². The quantitative estimate of drug-likeness (QED) is 0.543. The van der Waals surface area contributed by atoms with Gasteiger partial charge in [0.1, 0.15) is 11.6 Å². The molecule has 1 aliphatic rings. The predicted octanol–water partition coefficient (Wildman–Crippen LogP) is 3.11. The Morgan fingerprint density at radius 2 is 1.93 bits per heavy atom. The molecule has 6 nitrogen and oxygen atoms in total. The molecule has 0 aliphatic heterocycles. The van der Waals surface area contributed by atoms with Crippen LogP contribution in [0.25, 0.3) is 0 Å². The van der Waals surface area contributed by atoms with Gasteiger partial charge in [0.05, 0.1) is 6.61 Å². The summed E-state index contributed by atoms with van der Waals surface area (Å²) in [5, 5.41) is 6.77. The number of aryl methyl sites for hydroxylation is 1. The minimum Gasteiger partial charge on any atom is -0.493 e. The Balaban J connectivity index is 1.58. The van der Waals surface area contributed by atoms with E-state index in [1.165, 1.54) is 18.4 Å². The van der Waals surface area contributed by atoms with E-state index in [1.54, 1.807) is 7.05 Å². The topological polar surface area (TPSA) is 61.8 Å². The predicted molar refractivity (Wildman–Crippen MR) is 115 cm³/mol. The molecule has 0 unspecified atom stereocenters. The van der Waals surface area contributed by atoms with Crippen molar-refractivity contribution >= 4 is 11.8 Å². The number of anilines is 1. The van der Waals surface area contributed by atoms with Gasteiger partial charge in [0.15, 0.2) is 5.96 Å². The van der Waals surface area contributed by atoms with Crippen LogP contribution >= 0.6 is 0 Å². The highest BCUT2D eigenvalue weighted by atomic mass is 16.5. The zero-order chi connectivity index (χ0) is 19.9. The van der Waals surface area contributed by atoms with Crippen LogP contribution in [0.3, 0.4) is 0 Å². The summed E-state index contributed by atoms with van der Waals surface area (Å²) in [5.41, 5.74) is 3.48. The Kier molecular flexibility index (Phi) is 6.74. The summed E-state index contributed by atoms with van der Waals surface area (Å²) in [6.07, 6.45) is 4.39. The zero-order valence-corrected chi connectivity index (χ0v) is 17.3. The third-order valence-corrected chi connectivity index (χ3v) is 4.80. The molecule has 0 atom stereocenters. The van der Waals surface area contributed by atoms with E-state index in [-0.39, 0.29) is 0 Å². The summed E-state index contributed by atoms with van der Waals surface area (Å²) in [7, 11) is 5.78. The van der Waals surface area contributed by atoms with E-state index in [0.717, 1.165) is 41.2 Å². The molecule has 150 valence electrons. The highest BCUT2D eigenvalue weighted by Crippen LogP contribution is 2.30. The summed E-state index contributed by atoms with van der Waals surface area (Å²) >= 11 is 0. The molecule has 28 heavy (non-hydrogen) atoms. The normalized spacial score (nSPS) is 13.9. The van der Waals surface area contributed by atoms with Gasteiger partial charge in [-0.2, -0.15) is 0 Å². The maximum Gasteiger partial charge on any atom is 0.191 e. The number of pyridine rings is 1. The molecule has 0 saturated heterocycles. The number of nitrogens with zero attached hydrogens (tertiary/aromatic N) is 3. The van der Waals surface area contributed by atoms with E-state index < -0.39 is 0 Å². The van der Waals surface area contributed by atoms with Crippen LogP contribution in [-0.2, 0) is 13.1 Å². The summed E-state index contributed by atoms with van der Waals surface area (Å²) in [6, 6.07) is 10.4. The molecule has 3 rings (SSSR count). The molecular weight excluding hydrogens is 350 g/mol. The average molecular weight is 382 g/mol. The lowest BCUT2D eigenvalue weighted by Crippen LogP contribution is -2.36. The summed E-state index contributed by atoms with van der Waals surface area (Å²) in [5.74, 6) is 3.42. The Bertz CT molecular complexity index is 814. The summed E-state index contributed by atoms with van der Waals surface area (Å²) in [4.78, 5) is 10.8. The van der Waals surface area contributed by atoms with Crippen molar-refractivity contribution < 1.29 is 4.74 Å². The van der Waals surface area contributed by atoms with Gasteiger partial charge in [0.25, 0.3) is 0 Å². The molecule has 1 fully saturated rings. The van der Waals surface area contributed by atoms with E-state index in [9.17, 15) is 0 Å². The fraction of sp³-hybridized carbons (Fsp3) is 0.455. The van der Waals surface area contributed by atoms with Crippen LogP contribution in [0.4, 0.5) is 5.82 Å². The third kappa shape index (κ3) is 5.62. The molecule has 6 heteroatoms. The molecule has 2 aromatic rings. The molecule has 0 radical (unpaired) electrons. The number of aromatic nitrogens is 1. The van der Waals surface area contributed by atoms with Crippen molar-refractivity contribution in [1.82, 2.24) is 15.6 Å². The van der Waals surface area contributed by atoms with E-state index in [2.05, 4.69) is 51.8 Å². The molecule has 0 spiro atoms. The van der Waals surface area contributed by atoms with Gasteiger partial charge in [0.2, 0.25) is 0 Å². The average Bonchev–Trinajstić information content (AvgIpc) is 3.52. The Hall–Kier alpha value is -2.76. The highest BCUT2D eigenvalue weighted by Gasteiger charge is 2.22. The smallest absolute Gasteiger partial charge is 0.191 e. The molecule has 1 aliphatic carbocycles. The Labute approximate surface area is 168 Å². The maximum absolute atomic E-state index is 6.07. The van der Waals surface area contributed by atoms with Crippen LogP contribution in [0.5, 0.6) is 5.75 Å². The van der Waals surface area contributed by atoms with E-state index in [0.29, 0.717) is 13.1 Å². The van der Waals surface area contributed by atoms with Crippen LogP contribution in [0.1, 0.15) is 29.5 Å². The van der Waals surface area contributed by atoms with Gasteiger partial charge in [-0.15, -0.1) is 0 Å². The van der Waals surface area contributed by atoms with E-state index >= 15 is 0 Å². The van der Waals surface area contributed by atoms with Crippen molar-refractivity contribution in [2.45, 2.75) is 32.9 Å². The Morgan fingerprint density at radius 3 is 2.61 bits per heavy atom. The van der Waals surface area contributed by atoms with Crippen molar-refractivity contribution in [2.75, 3.05) is 32.6 Å². The first-order valence-electron chi connectivity index (χ1n) is 9.85. The van der Waals surface area contributed by atoms with Gasteiger partial charge in [-0.1, -0.05) is 18.2 Å². The van der Waals surface area contributed by atoms with Crippen molar-refractivity contribution in [3.63, 3.8) is 0 Å². The molecular formula is C22H31N5O. The first-order valence-corrected chi connectivity index (χ1v) is 9.85. The van der Waals surface area contributed by atoms with Crippen molar-refractivity contribution in [3.8, 4) is 5.75 Å². The van der Waals surface area contributed by atoms with Crippen LogP contribution in [0.2, 0.25) is 0 Å². The SMILES string of the molecule is CN=C(NCc1ccc(C)cc1OCC1CC1)NCc1cccnc1N(C)C. The highest BCUT2D eigenvalue weighted by molar-refractivity contribution is 5.79. The molecule has 1 saturated carbocycles. The monoisotopic (exact) mass is 381 g/mol. The molecule has 1 aromatic carbocycles. The number of rotatable bonds is 8. The number of guanidine groups is 1. The summed E-state index contributed by atoms with van der Waals surface area (Å²) in [6.45, 7) is 4.23. The third-order valence-electron chi connectivity index (χ3n) is 4.80. The molecule has 2 N–H and O–H groups in total. The van der Waals surface area contributed by atoms with Crippen LogP contribution < -0.4 is 20.3 Å². The fourth-order valence-corrected chi connectivity index (χ4v) is 2.98. The second-order valence-corrected chi connectivity index (χ2v) is 7.53. The van der Waals surface area contributed by atoms with E-state index in [4.69, 9.17) is 4.74 Å². The number of hydrogen-bond donors (Lipinski definition) is 2. The first-order chi connectivity index (χ1) is 13.6. The Morgan fingerprint density at radius 1 is 1.18 bits per heavy atom. The second-order valence-electron chi connectivity index (χ2n) is 7.53. The van der Waals surface area contributed by atoms with Gasteiger partial charge in [-0.05, 0) is 43.4 Å². The lowest BCUT2D eigenvalue weighted by atomic mass is 10.1. The molecule has 0 bridgehead atoms. The lowest BCUT2D eigenvalue weighted by Gasteiger charge is -2.18. The van der Waals surface area contributed by atoms with Crippen LogP contribution in [0, 0.1) is 12.8 Å². The number of nitrogens with one attached hydrogen (secondary N) is 2. The number of aliphatic imine (C=N–C) groups is 1. The number of benzene rings is 1. The van der Waals surface area contributed by atoms with E-state index in [1.807, 2.05) is 31.3 Å². The standard InChI is InChI=1S/C22H31N5O/c1-16-7-10-18(20(12-16)28-15-17-8-9-17)13-25-22(23-2)26-14-19-6-5-11-24-21(19)27(3)4/h5-7,10-12,17H,8-9,13-15H2,1-4H3,(H2,23,25,26). The molecule has 1 heterocycles. The van der Waals surface area contributed by atoms with Gasteiger partial charge in [-0.3, -0.25) is 4.99 Å².